The molecule has 0 aliphatic carbocycles. The van der Waals surface area contributed by atoms with Crippen LogP contribution in [-0.2, 0) is 14.9 Å². The Bertz CT molecular complexity index is 537. The van der Waals surface area contributed by atoms with Gasteiger partial charge in [0, 0.05) is 37.9 Å². The van der Waals surface area contributed by atoms with E-state index in [9.17, 15) is 4.79 Å². The Labute approximate surface area is 136 Å². The van der Waals surface area contributed by atoms with Crippen molar-refractivity contribution in [2.24, 2.45) is 0 Å². The van der Waals surface area contributed by atoms with Crippen molar-refractivity contribution in [3.63, 3.8) is 0 Å². The van der Waals surface area contributed by atoms with Crippen molar-refractivity contribution in [1.82, 2.24) is 10.2 Å². The molecular weight excluding hydrogens is 300 g/mol. The summed E-state index contributed by atoms with van der Waals surface area (Å²) >= 11 is 6.17. The van der Waals surface area contributed by atoms with Gasteiger partial charge < -0.3 is 15.0 Å². The van der Waals surface area contributed by atoms with Crippen molar-refractivity contribution in [3.05, 3.63) is 34.9 Å². The summed E-state index contributed by atoms with van der Waals surface area (Å²) in [7, 11) is 1.93. The van der Waals surface area contributed by atoms with E-state index in [1.165, 1.54) is 0 Å². The van der Waals surface area contributed by atoms with Gasteiger partial charge in [0.2, 0.25) is 5.91 Å². The van der Waals surface area contributed by atoms with Crippen LogP contribution in [0.5, 0.6) is 0 Å². The first-order valence-corrected chi connectivity index (χ1v) is 8.33. The Morgan fingerprint density at radius 1 is 1.41 bits per heavy atom. The van der Waals surface area contributed by atoms with Crippen LogP contribution in [0.2, 0.25) is 5.02 Å². The largest absolute Gasteiger partial charge is 0.381 e. The fourth-order valence-corrected chi connectivity index (χ4v) is 3.80. The molecule has 0 radical (unpaired) electrons. The number of amides is 1. The Morgan fingerprint density at radius 2 is 2.18 bits per heavy atom. The molecule has 120 valence electrons. The normalized spacial score (nSPS) is 24.2. The van der Waals surface area contributed by atoms with Crippen molar-refractivity contribution >= 4 is 17.5 Å². The van der Waals surface area contributed by atoms with E-state index in [4.69, 9.17) is 16.3 Å². The first-order valence-electron chi connectivity index (χ1n) is 7.95. The van der Waals surface area contributed by atoms with Gasteiger partial charge >= 0.3 is 0 Å². The number of rotatable bonds is 3. The molecule has 3 rings (SSSR count). The summed E-state index contributed by atoms with van der Waals surface area (Å²) in [5, 5.41) is 4.01. The average molecular weight is 323 g/mol. The zero-order chi connectivity index (χ0) is 15.6. The molecule has 0 saturated carbocycles. The minimum absolute atomic E-state index is 0.201. The molecule has 2 aliphatic heterocycles. The first-order chi connectivity index (χ1) is 10.6. The molecule has 0 spiro atoms. The molecule has 1 N–H and O–H groups in total. The number of hydrogen-bond donors (Lipinski definition) is 1. The van der Waals surface area contributed by atoms with Gasteiger partial charge in [-0.3, -0.25) is 4.79 Å². The fourth-order valence-electron chi connectivity index (χ4n) is 3.61. The van der Waals surface area contributed by atoms with E-state index < -0.39 is 5.41 Å². The molecule has 2 fully saturated rings. The van der Waals surface area contributed by atoms with E-state index in [2.05, 4.69) is 5.32 Å². The number of halogens is 1. The van der Waals surface area contributed by atoms with Gasteiger partial charge in [0.15, 0.2) is 0 Å². The van der Waals surface area contributed by atoms with Crippen LogP contribution in [0.1, 0.15) is 24.8 Å². The van der Waals surface area contributed by atoms with Crippen LogP contribution in [0.3, 0.4) is 0 Å². The maximum atomic E-state index is 13.3. The summed E-state index contributed by atoms with van der Waals surface area (Å²) in [5.74, 6) is 0.201. The summed E-state index contributed by atoms with van der Waals surface area (Å²) in [4.78, 5) is 15.3. The average Bonchev–Trinajstić information content (AvgIpc) is 3.08. The number of carbonyl (C=O) groups excluding carboxylic acids is 1. The number of ether oxygens (including phenoxy) is 1. The van der Waals surface area contributed by atoms with Gasteiger partial charge in [-0.05, 0) is 43.5 Å². The fraction of sp³-hybridized carbons (Fsp3) is 0.588. The number of nitrogens with zero attached hydrogens (tertiary/aromatic N) is 1. The highest BCUT2D eigenvalue weighted by Crippen LogP contribution is 2.38. The zero-order valence-electron chi connectivity index (χ0n) is 13.0. The predicted molar refractivity (Wildman–Crippen MR) is 87.2 cm³/mol. The molecule has 2 saturated heterocycles. The van der Waals surface area contributed by atoms with Crippen molar-refractivity contribution in [3.8, 4) is 0 Å². The van der Waals surface area contributed by atoms with Crippen molar-refractivity contribution in [2.45, 2.75) is 30.7 Å². The Hall–Kier alpha value is -1.10. The van der Waals surface area contributed by atoms with E-state index in [-0.39, 0.29) is 11.9 Å². The van der Waals surface area contributed by atoms with Gasteiger partial charge in [0.25, 0.3) is 0 Å². The molecule has 1 unspecified atom stereocenters. The van der Waals surface area contributed by atoms with Gasteiger partial charge in [-0.2, -0.15) is 0 Å². The molecule has 4 nitrogen and oxygen atoms in total. The van der Waals surface area contributed by atoms with Crippen LogP contribution >= 0.6 is 11.6 Å². The van der Waals surface area contributed by atoms with Crippen molar-refractivity contribution in [2.75, 3.05) is 33.4 Å². The lowest BCUT2D eigenvalue weighted by Crippen LogP contribution is -2.52. The Kier molecular flexibility index (Phi) is 4.71. The highest BCUT2D eigenvalue weighted by Gasteiger charge is 2.44. The van der Waals surface area contributed by atoms with Crippen LogP contribution in [-0.4, -0.2) is 50.2 Å². The maximum Gasteiger partial charge on any atom is 0.233 e. The summed E-state index contributed by atoms with van der Waals surface area (Å²) in [6.45, 7) is 3.10. The highest BCUT2D eigenvalue weighted by molar-refractivity contribution is 6.30. The number of benzene rings is 1. The molecule has 0 aromatic heterocycles. The standard InChI is InChI=1S/C17H23ClN2O2/c1-20(15-5-8-19-12-15)16(21)17(6-9-22-10-7-17)13-3-2-4-14(18)11-13/h2-4,11,15,19H,5-10,12H2,1H3. The SMILES string of the molecule is CN(C(=O)C1(c2cccc(Cl)c2)CCOCC1)C1CCNC1. The molecular formula is C17H23ClN2O2. The maximum absolute atomic E-state index is 13.3. The molecule has 0 bridgehead atoms. The third-order valence-electron chi connectivity index (χ3n) is 5.04. The second kappa shape index (κ2) is 6.57. The Balaban J connectivity index is 1.93. The predicted octanol–water partition coefficient (Wildman–Crippen LogP) is 2.21. The summed E-state index contributed by atoms with van der Waals surface area (Å²) < 4.78 is 5.52. The molecule has 1 aromatic rings. The van der Waals surface area contributed by atoms with E-state index >= 15 is 0 Å². The molecule has 2 aliphatic rings. The monoisotopic (exact) mass is 322 g/mol. The van der Waals surface area contributed by atoms with Gasteiger partial charge in [-0.15, -0.1) is 0 Å². The van der Waals surface area contributed by atoms with Gasteiger partial charge in [0.05, 0.1) is 5.41 Å². The van der Waals surface area contributed by atoms with Crippen LogP contribution < -0.4 is 5.32 Å². The van der Waals surface area contributed by atoms with E-state index in [0.717, 1.165) is 37.9 Å². The topological polar surface area (TPSA) is 41.6 Å². The smallest absolute Gasteiger partial charge is 0.233 e. The highest BCUT2D eigenvalue weighted by atomic mass is 35.5. The summed E-state index contributed by atoms with van der Waals surface area (Å²) in [6, 6.07) is 8.03. The zero-order valence-corrected chi connectivity index (χ0v) is 13.7. The lowest BCUT2D eigenvalue weighted by atomic mass is 9.73. The second-order valence-corrected chi connectivity index (χ2v) is 6.70. The molecule has 5 heteroatoms. The lowest BCUT2D eigenvalue weighted by Gasteiger charge is -2.40. The Morgan fingerprint density at radius 3 is 2.82 bits per heavy atom. The van der Waals surface area contributed by atoms with Crippen LogP contribution in [0.4, 0.5) is 0 Å². The quantitative estimate of drug-likeness (QED) is 0.927. The molecule has 1 atom stereocenters. The van der Waals surface area contributed by atoms with Crippen molar-refractivity contribution in [1.29, 1.82) is 0 Å². The van der Waals surface area contributed by atoms with Gasteiger partial charge in [0.1, 0.15) is 0 Å². The van der Waals surface area contributed by atoms with Gasteiger partial charge in [-0.25, -0.2) is 0 Å². The van der Waals surface area contributed by atoms with Crippen molar-refractivity contribution < 1.29 is 9.53 Å². The third-order valence-corrected chi connectivity index (χ3v) is 5.27. The minimum atomic E-state index is -0.500. The number of nitrogens with one attached hydrogen (secondary N) is 1. The summed E-state index contributed by atoms with van der Waals surface area (Å²) in [5.41, 5.74) is 0.520. The van der Waals surface area contributed by atoms with E-state index in [1.807, 2.05) is 36.2 Å². The first kappa shape index (κ1) is 15.8. The van der Waals surface area contributed by atoms with Gasteiger partial charge in [-0.1, -0.05) is 23.7 Å². The number of likely N-dealkylation sites (N-methyl/N-ethyl adjacent to an activating group) is 1. The van der Waals surface area contributed by atoms with Crippen LogP contribution in [0.25, 0.3) is 0 Å². The third kappa shape index (κ3) is 2.87. The summed E-state index contributed by atoms with van der Waals surface area (Å²) in [6.07, 6.45) is 2.46. The van der Waals surface area contributed by atoms with E-state index in [1.54, 1.807) is 0 Å². The lowest BCUT2D eigenvalue weighted by molar-refractivity contribution is -0.141. The van der Waals surface area contributed by atoms with E-state index in [0.29, 0.717) is 18.2 Å². The molecule has 1 amide bonds. The molecule has 1 aromatic carbocycles. The minimum Gasteiger partial charge on any atom is -0.381 e. The molecule has 22 heavy (non-hydrogen) atoms. The van der Waals surface area contributed by atoms with Crippen LogP contribution in [0.15, 0.2) is 24.3 Å². The molecule has 2 heterocycles. The number of carbonyl (C=O) groups is 1. The van der Waals surface area contributed by atoms with Crippen LogP contribution in [0, 0.1) is 0 Å². The second-order valence-electron chi connectivity index (χ2n) is 6.27. The number of hydrogen-bond acceptors (Lipinski definition) is 3.